The number of halogens is 1. The molecule has 1 heterocycles. The molecule has 0 atom stereocenters. The monoisotopic (exact) mass is 358 g/mol. The second-order valence-corrected chi connectivity index (χ2v) is 6.23. The predicted octanol–water partition coefficient (Wildman–Crippen LogP) is 2.56. The molecule has 0 aromatic heterocycles. The number of para-hydroxylation sites is 1. The van der Waals surface area contributed by atoms with Crippen LogP contribution in [0.2, 0.25) is 0 Å². The minimum atomic E-state index is -0.350. The number of rotatable bonds is 6. The summed E-state index contributed by atoms with van der Waals surface area (Å²) in [5.41, 5.74) is 0.899. The minimum Gasteiger partial charge on any atom is -0.494 e. The van der Waals surface area contributed by atoms with Crippen LogP contribution in [0, 0.1) is 5.82 Å². The van der Waals surface area contributed by atoms with E-state index < -0.39 is 0 Å². The van der Waals surface area contributed by atoms with E-state index in [-0.39, 0.29) is 24.1 Å². The van der Waals surface area contributed by atoms with E-state index in [1.54, 1.807) is 6.07 Å². The van der Waals surface area contributed by atoms with Gasteiger partial charge in [-0.1, -0.05) is 24.3 Å². The first kappa shape index (κ1) is 18.2. The van der Waals surface area contributed by atoms with Gasteiger partial charge in [-0.3, -0.25) is 9.69 Å². The van der Waals surface area contributed by atoms with Crippen LogP contribution in [-0.2, 0) is 11.3 Å². The zero-order chi connectivity index (χ0) is 18.4. The molecule has 0 N–H and O–H groups in total. The lowest BCUT2D eigenvalue weighted by Gasteiger charge is -2.34. The Kier molecular flexibility index (Phi) is 6.07. The summed E-state index contributed by atoms with van der Waals surface area (Å²) >= 11 is 0. The van der Waals surface area contributed by atoms with E-state index in [0.29, 0.717) is 25.4 Å². The molecule has 1 fully saturated rings. The van der Waals surface area contributed by atoms with Crippen molar-refractivity contribution < 1.29 is 18.7 Å². The first-order valence-electron chi connectivity index (χ1n) is 8.66. The third-order valence-corrected chi connectivity index (χ3v) is 4.45. The molecule has 0 radical (unpaired) electrons. The van der Waals surface area contributed by atoms with Crippen LogP contribution < -0.4 is 9.47 Å². The summed E-state index contributed by atoms with van der Waals surface area (Å²) < 4.78 is 24.2. The second-order valence-electron chi connectivity index (χ2n) is 6.23. The van der Waals surface area contributed by atoms with Gasteiger partial charge in [-0.2, -0.15) is 0 Å². The predicted molar refractivity (Wildman–Crippen MR) is 96.7 cm³/mol. The Morgan fingerprint density at radius 1 is 1.08 bits per heavy atom. The summed E-state index contributed by atoms with van der Waals surface area (Å²) in [6, 6.07) is 14.3. The number of benzene rings is 2. The fourth-order valence-electron chi connectivity index (χ4n) is 2.97. The molecule has 1 saturated heterocycles. The van der Waals surface area contributed by atoms with Crippen LogP contribution in [0.15, 0.2) is 48.5 Å². The number of ether oxygens (including phenoxy) is 2. The molecule has 0 spiro atoms. The fraction of sp³-hybridized carbons (Fsp3) is 0.350. The van der Waals surface area contributed by atoms with Crippen molar-refractivity contribution in [3.8, 4) is 11.5 Å². The molecular weight excluding hydrogens is 335 g/mol. The summed E-state index contributed by atoms with van der Waals surface area (Å²) in [7, 11) is 1.45. The van der Waals surface area contributed by atoms with Crippen molar-refractivity contribution in [2.24, 2.45) is 0 Å². The fourth-order valence-corrected chi connectivity index (χ4v) is 2.97. The van der Waals surface area contributed by atoms with E-state index in [1.807, 2.05) is 41.3 Å². The highest BCUT2D eigenvalue weighted by Gasteiger charge is 2.21. The van der Waals surface area contributed by atoms with Gasteiger partial charge in [0.2, 0.25) is 0 Å². The smallest absolute Gasteiger partial charge is 0.260 e. The Morgan fingerprint density at radius 3 is 2.46 bits per heavy atom. The molecular formula is C20H23FN2O3. The normalized spacial score (nSPS) is 14.9. The van der Waals surface area contributed by atoms with Crippen LogP contribution in [-0.4, -0.2) is 55.6 Å². The Labute approximate surface area is 152 Å². The van der Waals surface area contributed by atoms with E-state index in [0.717, 1.165) is 18.7 Å². The van der Waals surface area contributed by atoms with Crippen LogP contribution >= 0.6 is 0 Å². The van der Waals surface area contributed by atoms with Crippen molar-refractivity contribution in [2.75, 3.05) is 39.9 Å². The van der Waals surface area contributed by atoms with Gasteiger partial charge in [0, 0.05) is 32.7 Å². The van der Waals surface area contributed by atoms with Crippen molar-refractivity contribution in [3.63, 3.8) is 0 Å². The molecule has 138 valence electrons. The average molecular weight is 358 g/mol. The standard InChI is InChI=1S/C20H23FN2O3/c1-25-19-8-7-16(13-18(19)21)14-22-9-11-23(12-10-22)20(24)15-26-17-5-3-2-4-6-17/h2-8,13H,9-12,14-15H2,1H3. The highest BCUT2D eigenvalue weighted by Crippen LogP contribution is 2.19. The number of hydrogen-bond donors (Lipinski definition) is 0. The van der Waals surface area contributed by atoms with Gasteiger partial charge < -0.3 is 14.4 Å². The van der Waals surface area contributed by atoms with Gasteiger partial charge in [0.25, 0.3) is 5.91 Å². The number of carbonyl (C=O) groups excluding carboxylic acids is 1. The quantitative estimate of drug-likeness (QED) is 0.796. The van der Waals surface area contributed by atoms with Gasteiger partial charge in [0.1, 0.15) is 5.75 Å². The van der Waals surface area contributed by atoms with Gasteiger partial charge in [0.05, 0.1) is 7.11 Å². The maximum Gasteiger partial charge on any atom is 0.260 e. The molecule has 1 amide bonds. The number of piperazine rings is 1. The van der Waals surface area contributed by atoms with Crippen molar-refractivity contribution >= 4 is 5.91 Å². The third-order valence-electron chi connectivity index (χ3n) is 4.45. The molecule has 2 aromatic rings. The third kappa shape index (κ3) is 4.73. The van der Waals surface area contributed by atoms with Gasteiger partial charge in [-0.15, -0.1) is 0 Å². The molecule has 6 heteroatoms. The second kappa shape index (κ2) is 8.67. The Morgan fingerprint density at radius 2 is 1.81 bits per heavy atom. The first-order chi connectivity index (χ1) is 12.7. The Balaban J connectivity index is 1.45. The maximum atomic E-state index is 13.8. The number of nitrogens with zero attached hydrogens (tertiary/aromatic N) is 2. The van der Waals surface area contributed by atoms with Crippen LogP contribution in [0.25, 0.3) is 0 Å². The van der Waals surface area contributed by atoms with Crippen LogP contribution in [0.1, 0.15) is 5.56 Å². The molecule has 0 bridgehead atoms. The highest BCUT2D eigenvalue weighted by atomic mass is 19.1. The topological polar surface area (TPSA) is 42.0 Å². The number of amides is 1. The molecule has 1 aliphatic heterocycles. The van der Waals surface area contributed by atoms with E-state index in [4.69, 9.17) is 9.47 Å². The van der Waals surface area contributed by atoms with Crippen molar-refractivity contribution in [3.05, 3.63) is 59.9 Å². The van der Waals surface area contributed by atoms with Crippen LogP contribution in [0.5, 0.6) is 11.5 Å². The molecule has 0 aliphatic carbocycles. The number of hydrogen-bond acceptors (Lipinski definition) is 4. The summed E-state index contributed by atoms with van der Waals surface area (Å²) in [6.07, 6.45) is 0. The van der Waals surface area contributed by atoms with Crippen molar-refractivity contribution in [2.45, 2.75) is 6.54 Å². The molecule has 3 rings (SSSR count). The van der Waals surface area contributed by atoms with Crippen molar-refractivity contribution in [1.82, 2.24) is 9.80 Å². The lowest BCUT2D eigenvalue weighted by Crippen LogP contribution is -2.49. The number of carbonyl (C=O) groups is 1. The van der Waals surface area contributed by atoms with E-state index >= 15 is 0 Å². The first-order valence-corrected chi connectivity index (χ1v) is 8.66. The summed E-state index contributed by atoms with van der Waals surface area (Å²) in [5.74, 6) is 0.587. The largest absolute Gasteiger partial charge is 0.494 e. The summed E-state index contributed by atoms with van der Waals surface area (Å²) in [5, 5.41) is 0. The van der Waals surface area contributed by atoms with Crippen molar-refractivity contribution in [1.29, 1.82) is 0 Å². The van der Waals surface area contributed by atoms with E-state index in [2.05, 4.69) is 4.90 Å². The van der Waals surface area contributed by atoms with Gasteiger partial charge in [-0.25, -0.2) is 4.39 Å². The molecule has 1 aliphatic rings. The van der Waals surface area contributed by atoms with Gasteiger partial charge >= 0.3 is 0 Å². The zero-order valence-corrected chi connectivity index (χ0v) is 14.9. The summed E-state index contributed by atoms with van der Waals surface area (Å²) in [4.78, 5) is 16.3. The van der Waals surface area contributed by atoms with Gasteiger partial charge in [0.15, 0.2) is 18.2 Å². The van der Waals surface area contributed by atoms with Crippen LogP contribution in [0.3, 0.4) is 0 Å². The molecule has 26 heavy (non-hydrogen) atoms. The Hall–Kier alpha value is -2.60. The Bertz CT molecular complexity index is 731. The summed E-state index contributed by atoms with van der Waals surface area (Å²) in [6.45, 7) is 3.51. The molecule has 0 unspecified atom stereocenters. The lowest BCUT2D eigenvalue weighted by molar-refractivity contribution is -0.135. The minimum absolute atomic E-state index is 0.0102. The van der Waals surface area contributed by atoms with Gasteiger partial charge in [-0.05, 0) is 29.8 Å². The van der Waals surface area contributed by atoms with E-state index in [1.165, 1.54) is 13.2 Å². The van der Waals surface area contributed by atoms with Crippen LogP contribution in [0.4, 0.5) is 4.39 Å². The maximum absolute atomic E-state index is 13.8. The zero-order valence-electron chi connectivity index (χ0n) is 14.9. The highest BCUT2D eigenvalue weighted by molar-refractivity contribution is 5.77. The average Bonchev–Trinajstić information content (AvgIpc) is 2.68. The molecule has 5 nitrogen and oxygen atoms in total. The number of methoxy groups -OCH3 is 1. The lowest BCUT2D eigenvalue weighted by atomic mass is 10.2. The molecule has 0 saturated carbocycles. The molecule has 2 aromatic carbocycles. The van der Waals surface area contributed by atoms with E-state index in [9.17, 15) is 9.18 Å². The SMILES string of the molecule is COc1ccc(CN2CCN(C(=O)COc3ccccc3)CC2)cc1F.